The monoisotopic (exact) mass is 838 g/mol. The van der Waals surface area contributed by atoms with Gasteiger partial charge in [0, 0.05) is 6.42 Å². The average molecular weight is 838 g/mol. The van der Waals surface area contributed by atoms with Crippen molar-refractivity contribution in [3.05, 3.63) is 0 Å². The fraction of sp³-hybridized carbons (Fsp3) is 0.977. The molecule has 57 heavy (non-hydrogen) atoms. The SMILES string of the molecule is CCCCCCCCCCCCCCCCCCCCCCC(=O)N[C@@H](COP(=O)(O)OC1C(O)C(O)C(O)[C@@H](O)C1O)[C@H](O)CCCCCCCCCCCC. The zero-order chi connectivity index (χ0) is 42.2. The number of aliphatic hydroxyl groups excluding tert-OH is 6. The second-order valence-electron chi connectivity index (χ2n) is 17.0. The van der Waals surface area contributed by atoms with Gasteiger partial charge in [0.2, 0.25) is 5.91 Å². The molecule has 340 valence electrons. The van der Waals surface area contributed by atoms with Gasteiger partial charge in [-0.3, -0.25) is 13.8 Å². The van der Waals surface area contributed by atoms with E-state index in [0.29, 0.717) is 19.3 Å². The fourth-order valence-electron chi connectivity index (χ4n) is 7.79. The van der Waals surface area contributed by atoms with Crippen LogP contribution in [0.3, 0.4) is 0 Å². The van der Waals surface area contributed by atoms with E-state index in [-0.39, 0.29) is 12.3 Å². The molecular weight excluding hydrogens is 749 g/mol. The van der Waals surface area contributed by atoms with Crippen LogP contribution in [0.2, 0.25) is 0 Å². The topological polar surface area (TPSA) is 206 Å². The first-order valence-electron chi connectivity index (χ1n) is 23.5. The lowest BCUT2D eigenvalue weighted by Crippen LogP contribution is -2.64. The Morgan fingerprint density at radius 2 is 0.842 bits per heavy atom. The van der Waals surface area contributed by atoms with Crippen molar-refractivity contribution in [2.45, 2.75) is 268 Å². The van der Waals surface area contributed by atoms with Crippen LogP contribution >= 0.6 is 7.82 Å². The van der Waals surface area contributed by atoms with Gasteiger partial charge in [0.25, 0.3) is 0 Å². The molecule has 0 aliphatic heterocycles. The molecule has 1 aliphatic carbocycles. The predicted molar refractivity (Wildman–Crippen MR) is 228 cm³/mol. The van der Waals surface area contributed by atoms with Gasteiger partial charge >= 0.3 is 7.82 Å². The molecule has 0 saturated heterocycles. The molecule has 9 atom stereocenters. The molecule has 1 amide bonds. The zero-order valence-electron chi connectivity index (χ0n) is 36.2. The van der Waals surface area contributed by atoms with Crippen LogP contribution in [0, 0.1) is 0 Å². The Morgan fingerprint density at radius 1 is 0.526 bits per heavy atom. The summed E-state index contributed by atoms with van der Waals surface area (Å²) in [6, 6.07) is -1.02. The van der Waals surface area contributed by atoms with Crippen LogP contribution in [0.25, 0.3) is 0 Å². The molecular formula is C44H88NO11P. The molecule has 12 nitrogen and oxygen atoms in total. The van der Waals surface area contributed by atoms with Crippen molar-refractivity contribution in [1.29, 1.82) is 0 Å². The first-order valence-corrected chi connectivity index (χ1v) is 25.0. The Hall–Kier alpha value is -0.660. The number of carbonyl (C=O) groups is 1. The van der Waals surface area contributed by atoms with E-state index in [4.69, 9.17) is 9.05 Å². The quantitative estimate of drug-likeness (QED) is 0.0217. The summed E-state index contributed by atoms with van der Waals surface area (Å²) < 4.78 is 22.9. The Kier molecular flexibility index (Phi) is 33.4. The minimum absolute atomic E-state index is 0.242. The van der Waals surface area contributed by atoms with Crippen LogP contribution in [-0.4, -0.2) is 96.8 Å². The molecule has 13 heteroatoms. The van der Waals surface area contributed by atoms with Gasteiger partial charge in [-0.15, -0.1) is 0 Å². The van der Waals surface area contributed by atoms with E-state index in [2.05, 4.69) is 19.2 Å². The maximum Gasteiger partial charge on any atom is 0.472 e. The van der Waals surface area contributed by atoms with Gasteiger partial charge in [-0.25, -0.2) is 4.57 Å². The van der Waals surface area contributed by atoms with Crippen molar-refractivity contribution in [2.24, 2.45) is 0 Å². The standard InChI is InChI=1S/C44H88NO11P/c1-3-5-7-9-11-13-15-16-17-18-19-20-21-22-23-24-26-28-30-32-34-38(47)45-36(37(46)33-31-29-27-25-14-12-10-8-6-4-2)35-55-57(53,54)56-44-42(51)40(49)39(48)41(50)43(44)52/h36-37,39-44,46,48-52H,3-35H2,1-2H3,(H,45,47)(H,53,54)/t36-,37+,39?,40+,41?,42?,43?,44?/m0/s1. The van der Waals surface area contributed by atoms with E-state index in [1.807, 2.05) is 0 Å². The van der Waals surface area contributed by atoms with Crippen LogP contribution < -0.4 is 5.32 Å². The van der Waals surface area contributed by atoms with Gasteiger partial charge in [-0.2, -0.15) is 0 Å². The first-order chi connectivity index (χ1) is 27.4. The van der Waals surface area contributed by atoms with E-state index in [0.717, 1.165) is 38.5 Å². The van der Waals surface area contributed by atoms with E-state index in [1.54, 1.807) is 0 Å². The Morgan fingerprint density at radius 3 is 1.21 bits per heavy atom. The van der Waals surface area contributed by atoms with Crippen LogP contribution in [0.5, 0.6) is 0 Å². The van der Waals surface area contributed by atoms with Crippen molar-refractivity contribution >= 4 is 13.7 Å². The van der Waals surface area contributed by atoms with Crippen molar-refractivity contribution in [1.82, 2.24) is 5.32 Å². The lowest BCUT2D eigenvalue weighted by Gasteiger charge is -2.41. The molecule has 1 aliphatic rings. The number of carbonyl (C=O) groups excluding carboxylic acids is 1. The molecule has 1 saturated carbocycles. The Balaban J connectivity index is 2.38. The van der Waals surface area contributed by atoms with Crippen molar-refractivity contribution in [2.75, 3.05) is 6.61 Å². The summed E-state index contributed by atoms with van der Waals surface area (Å²) in [5, 5.41) is 64.0. The van der Waals surface area contributed by atoms with Gasteiger partial charge in [0.15, 0.2) is 0 Å². The summed E-state index contributed by atoms with van der Waals surface area (Å²) >= 11 is 0. The average Bonchev–Trinajstić information content (AvgIpc) is 3.19. The summed E-state index contributed by atoms with van der Waals surface area (Å²) in [6.45, 7) is 3.88. The van der Waals surface area contributed by atoms with Gasteiger partial charge in [0.1, 0.15) is 36.6 Å². The number of unbranched alkanes of at least 4 members (excludes halogenated alkanes) is 28. The maximum absolute atomic E-state index is 12.9. The number of nitrogens with one attached hydrogen (secondary N) is 1. The van der Waals surface area contributed by atoms with Crippen molar-refractivity contribution in [3.8, 4) is 0 Å². The summed E-state index contributed by atoms with van der Waals surface area (Å²) in [6.07, 6.45) is 24.4. The van der Waals surface area contributed by atoms with Gasteiger partial charge in [-0.1, -0.05) is 200 Å². The Labute approximate surface area is 346 Å². The highest BCUT2D eigenvalue weighted by Gasteiger charge is 2.51. The molecule has 1 fully saturated rings. The van der Waals surface area contributed by atoms with Gasteiger partial charge in [-0.05, 0) is 12.8 Å². The number of rotatable bonds is 39. The highest BCUT2D eigenvalue weighted by Crippen LogP contribution is 2.47. The number of phosphoric ester groups is 1. The number of hydrogen-bond donors (Lipinski definition) is 8. The third kappa shape index (κ3) is 27.0. The predicted octanol–water partition coefficient (Wildman–Crippen LogP) is 8.68. The number of phosphoric acid groups is 1. The maximum atomic E-state index is 12.9. The summed E-state index contributed by atoms with van der Waals surface area (Å²) in [4.78, 5) is 23.4. The van der Waals surface area contributed by atoms with E-state index < -0.39 is 63.2 Å². The Bertz CT molecular complexity index is 978. The van der Waals surface area contributed by atoms with Crippen LogP contribution in [-0.2, 0) is 18.4 Å². The van der Waals surface area contributed by atoms with Crippen LogP contribution in [0.1, 0.15) is 219 Å². The lowest BCUT2D eigenvalue weighted by molar-refractivity contribution is -0.220. The molecule has 0 aromatic carbocycles. The van der Waals surface area contributed by atoms with Crippen LogP contribution in [0.15, 0.2) is 0 Å². The highest BCUT2D eigenvalue weighted by atomic mass is 31.2. The zero-order valence-corrected chi connectivity index (χ0v) is 37.1. The second-order valence-corrected chi connectivity index (χ2v) is 18.4. The minimum Gasteiger partial charge on any atom is -0.391 e. The van der Waals surface area contributed by atoms with E-state index in [9.17, 15) is 44.9 Å². The number of hydrogen-bond acceptors (Lipinski definition) is 10. The third-order valence-electron chi connectivity index (χ3n) is 11.7. The molecule has 0 spiro atoms. The summed E-state index contributed by atoms with van der Waals surface area (Å²) in [5.74, 6) is -0.305. The molecule has 6 unspecified atom stereocenters. The highest BCUT2D eigenvalue weighted by molar-refractivity contribution is 7.47. The van der Waals surface area contributed by atoms with E-state index in [1.165, 1.54) is 141 Å². The lowest BCUT2D eigenvalue weighted by atomic mass is 9.85. The van der Waals surface area contributed by atoms with Crippen molar-refractivity contribution < 1.29 is 53.9 Å². The summed E-state index contributed by atoms with van der Waals surface area (Å²) in [5.41, 5.74) is 0. The first kappa shape index (κ1) is 54.4. The van der Waals surface area contributed by atoms with Crippen molar-refractivity contribution in [3.63, 3.8) is 0 Å². The normalized spacial score (nSPS) is 23.3. The molecule has 0 heterocycles. The van der Waals surface area contributed by atoms with Gasteiger partial charge < -0.3 is 40.8 Å². The molecule has 0 radical (unpaired) electrons. The summed E-state index contributed by atoms with van der Waals surface area (Å²) in [7, 11) is -5.05. The van der Waals surface area contributed by atoms with Crippen LogP contribution in [0.4, 0.5) is 0 Å². The molecule has 8 N–H and O–H groups in total. The molecule has 1 rings (SSSR count). The van der Waals surface area contributed by atoms with Gasteiger partial charge in [0.05, 0.1) is 18.8 Å². The third-order valence-corrected chi connectivity index (χ3v) is 12.7. The number of aliphatic hydroxyl groups is 6. The smallest absolute Gasteiger partial charge is 0.391 e. The molecule has 0 aromatic heterocycles. The second kappa shape index (κ2) is 35.0. The molecule has 0 aromatic rings. The number of amides is 1. The van der Waals surface area contributed by atoms with E-state index >= 15 is 0 Å². The minimum atomic E-state index is -5.05. The largest absolute Gasteiger partial charge is 0.472 e. The molecule has 0 bridgehead atoms. The fourth-order valence-corrected chi connectivity index (χ4v) is 8.76.